The van der Waals surface area contributed by atoms with Gasteiger partial charge in [-0.3, -0.25) is 0 Å². The van der Waals surface area contributed by atoms with Crippen LogP contribution in [0.5, 0.6) is 5.75 Å². The van der Waals surface area contributed by atoms with Gasteiger partial charge in [-0.1, -0.05) is 25.4 Å². The fraction of sp³-hybridized carbons (Fsp3) is 0.615. The molecule has 1 heterocycles. The Morgan fingerprint density at radius 1 is 1.31 bits per heavy atom. The molecule has 1 saturated carbocycles. The highest BCUT2D eigenvalue weighted by molar-refractivity contribution is 6.30. The molecule has 1 aliphatic rings. The van der Waals surface area contributed by atoms with Crippen LogP contribution in [0.2, 0.25) is 5.15 Å². The largest absolute Gasteiger partial charge is 0.487 e. The van der Waals surface area contributed by atoms with E-state index in [-0.39, 0.29) is 0 Å². The van der Waals surface area contributed by atoms with Gasteiger partial charge in [-0.05, 0) is 43.2 Å². The Kier molecular flexibility index (Phi) is 3.70. The molecule has 0 radical (unpaired) electrons. The van der Waals surface area contributed by atoms with Crippen molar-refractivity contribution < 1.29 is 4.74 Å². The van der Waals surface area contributed by atoms with E-state index < -0.39 is 0 Å². The van der Waals surface area contributed by atoms with Crippen molar-refractivity contribution in [3.05, 3.63) is 23.5 Å². The van der Waals surface area contributed by atoms with Crippen LogP contribution in [0.3, 0.4) is 0 Å². The Hall–Kier alpha value is -0.760. The predicted octanol–water partition coefficient (Wildman–Crippen LogP) is 3.94. The summed E-state index contributed by atoms with van der Waals surface area (Å²) in [6, 6.07) is 3.74. The van der Waals surface area contributed by atoms with Crippen molar-refractivity contribution in [2.45, 2.75) is 39.2 Å². The van der Waals surface area contributed by atoms with Gasteiger partial charge in [0.05, 0.1) is 6.10 Å². The van der Waals surface area contributed by atoms with E-state index in [1.807, 2.05) is 12.1 Å². The molecule has 0 aromatic carbocycles. The van der Waals surface area contributed by atoms with Crippen molar-refractivity contribution in [2.75, 3.05) is 0 Å². The monoisotopic (exact) mass is 239 g/mol. The van der Waals surface area contributed by atoms with Gasteiger partial charge in [-0.2, -0.15) is 0 Å². The summed E-state index contributed by atoms with van der Waals surface area (Å²) in [5.41, 5.74) is 0. The molecule has 2 nitrogen and oxygen atoms in total. The number of ether oxygens (including phenoxy) is 1. The maximum absolute atomic E-state index is 5.97. The first-order valence-corrected chi connectivity index (χ1v) is 6.31. The van der Waals surface area contributed by atoms with Crippen molar-refractivity contribution in [3.63, 3.8) is 0 Å². The van der Waals surface area contributed by atoms with Gasteiger partial charge in [0, 0.05) is 6.20 Å². The van der Waals surface area contributed by atoms with Crippen LogP contribution >= 0.6 is 11.6 Å². The molecule has 0 spiro atoms. The standard InChI is InChI=1S/C13H18ClNO/c1-9-5-6-11(8-10(9)2)16-12-4-3-7-15-13(12)14/h3-4,7,9-11H,5-6,8H2,1-2H3. The first kappa shape index (κ1) is 11.7. The zero-order valence-electron chi connectivity index (χ0n) is 9.82. The second kappa shape index (κ2) is 5.05. The quantitative estimate of drug-likeness (QED) is 0.730. The number of halogens is 1. The summed E-state index contributed by atoms with van der Waals surface area (Å²) in [6.45, 7) is 4.61. The fourth-order valence-corrected chi connectivity index (χ4v) is 2.41. The molecule has 1 aromatic rings. The van der Waals surface area contributed by atoms with Gasteiger partial charge < -0.3 is 4.74 Å². The van der Waals surface area contributed by atoms with Gasteiger partial charge in [0.2, 0.25) is 0 Å². The molecule has 0 aliphatic heterocycles. The van der Waals surface area contributed by atoms with E-state index in [2.05, 4.69) is 18.8 Å². The number of rotatable bonds is 2. The lowest BCUT2D eigenvalue weighted by atomic mass is 9.80. The van der Waals surface area contributed by atoms with Gasteiger partial charge in [0.15, 0.2) is 10.9 Å². The highest BCUT2D eigenvalue weighted by Crippen LogP contribution is 2.33. The minimum atomic E-state index is 0.299. The zero-order chi connectivity index (χ0) is 11.5. The first-order valence-electron chi connectivity index (χ1n) is 5.94. The second-order valence-electron chi connectivity index (χ2n) is 4.80. The van der Waals surface area contributed by atoms with E-state index in [4.69, 9.17) is 16.3 Å². The zero-order valence-corrected chi connectivity index (χ0v) is 10.6. The minimum absolute atomic E-state index is 0.299. The molecular formula is C13H18ClNO. The Morgan fingerprint density at radius 2 is 2.12 bits per heavy atom. The van der Waals surface area contributed by atoms with Crippen LogP contribution in [-0.2, 0) is 0 Å². The number of aromatic nitrogens is 1. The summed E-state index contributed by atoms with van der Waals surface area (Å²) in [5.74, 6) is 2.26. The van der Waals surface area contributed by atoms with Crippen LogP contribution in [0.15, 0.2) is 18.3 Å². The van der Waals surface area contributed by atoms with E-state index in [0.29, 0.717) is 11.3 Å². The lowest BCUT2D eigenvalue weighted by molar-refractivity contribution is 0.100. The van der Waals surface area contributed by atoms with Crippen LogP contribution in [0.4, 0.5) is 0 Å². The number of nitrogens with zero attached hydrogens (tertiary/aromatic N) is 1. The van der Waals surface area contributed by atoms with Crippen molar-refractivity contribution >= 4 is 11.6 Å². The molecule has 2 rings (SSSR count). The Bertz CT molecular complexity index is 356. The van der Waals surface area contributed by atoms with Gasteiger partial charge in [0.25, 0.3) is 0 Å². The predicted molar refractivity (Wildman–Crippen MR) is 65.8 cm³/mol. The molecule has 1 fully saturated rings. The minimum Gasteiger partial charge on any atom is -0.487 e. The summed E-state index contributed by atoms with van der Waals surface area (Å²) in [6.07, 6.45) is 5.46. The average Bonchev–Trinajstić information content (AvgIpc) is 2.27. The normalized spacial score (nSPS) is 30.1. The SMILES string of the molecule is CC1CCC(Oc2cccnc2Cl)CC1C. The fourth-order valence-electron chi connectivity index (χ4n) is 2.24. The van der Waals surface area contributed by atoms with Crippen LogP contribution < -0.4 is 4.74 Å². The van der Waals surface area contributed by atoms with Gasteiger partial charge in [0.1, 0.15) is 0 Å². The number of hydrogen-bond acceptors (Lipinski definition) is 2. The molecule has 0 amide bonds. The average molecular weight is 240 g/mol. The Balaban J connectivity index is 1.98. The lowest BCUT2D eigenvalue weighted by Crippen LogP contribution is -2.28. The molecule has 1 aliphatic carbocycles. The third-order valence-electron chi connectivity index (χ3n) is 3.57. The molecule has 0 N–H and O–H groups in total. The summed E-state index contributed by atoms with van der Waals surface area (Å²) in [7, 11) is 0. The van der Waals surface area contributed by atoms with E-state index in [9.17, 15) is 0 Å². The molecule has 88 valence electrons. The topological polar surface area (TPSA) is 22.1 Å². The highest BCUT2D eigenvalue weighted by atomic mass is 35.5. The van der Waals surface area contributed by atoms with Crippen molar-refractivity contribution in [3.8, 4) is 5.75 Å². The second-order valence-corrected chi connectivity index (χ2v) is 5.16. The van der Waals surface area contributed by atoms with Crippen LogP contribution in [0.1, 0.15) is 33.1 Å². The molecule has 0 saturated heterocycles. The van der Waals surface area contributed by atoms with E-state index in [1.165, 1.54) is 6.42 Å². The van der Waals surface area contributed by atoms with Crippen LogP contribution in [0, 0.1) is 11.8 Å². The molecule has 16 heavy (non-hydrogen) atoms. The van der Waals surface area contributed by atoms with Crippen LogP contribution in [-0.4, -0.2) is 11.1 Å². The summed E-state index contributed by atoms with van der Waals surface area (Å²) >= 11 is 5.97. The summed E-state index contributed by atoms with van der Waals surface area (Å²) in [4.78, 5) is 4.02. The lowest BCUT2D eigenvalue weighted by Gasteiger charge is -2.32. The number of hydrogen-bond donors (Lipinski definition) is 0. The third kappa shape index (κ3) is 2.67. The Morgan fingerprint density at radius 3 is 2.81 bits per heavy atom. The van der Waals surface area contributed by atoms with E-state index in [1.54, 1.807) is 6.20 Å². The van der Waals surface area contributed by atoms with Crippen molar-refractivity contribution in [1.82, 2.24) is 4.98 Å². The van der Waals surface area contributed by atoms with Gasteiger partial charge in [-0.15, -0.1) is 0 Å². The van der Waals surface area contributed by atoms with Crippen LogP contribution in [0.25, 0.3) is 0 Å². The maximum Gasteiger partial charge on any atom is 0.171 e. The molecular weight excluding hydrogens is 222 g/mol. The first-order chi connectivity index (χ1) is 7.66. The summed E-state index contributed by atoms with van der Waals surface area (Å²) in [5, 5.41) is 0.466. The smallest absolute Gasteiger partial charge is 0.171 e. The molecule has 3 unspecified atom stereocenters. The summed E-state index contributed by atoms with van der Waals surface area (Å²) < 4.78 is 5.91. The number of pyridine rings is 1. The van der Waals surface area contributed by atoms with E-state index in [0.717, 1.165) is 30.4 Å². The molecule has 3 heteroatoms. The molecule has 3 atom stereocenters. The Labute approximate surface area is 102 Å². The van der Waals surface area contributed by atoms with Gasteiger partial charge in [-0.25, -0.2) is 4.98 Å². The van der Waals surface area contributed by atoms with Crippen molar-refractivity contribution in [2.24, 2.45) is 11.8 Å². The molecule has 1 aromatic heterocycles. The maximum atomic E-state index is 5.97. The van der Waals surface area contributed by atoms with E-state index >= 15 is 0 Å². The third-order valence-corrected chi connectivity index (χ3v) is 3.85. The highest BCUT2D eigenvalue weighted by Gasteiger charge is 2.26. The van der Waals surface area contributed by atoms with Gasteiger partial charge >= 0.3 is 0 Å². The molecule has 0 bridgehead atoms. The van der Waals surface area contributed by atoms with Crippen molar-refractivity contribution in [1.29, 1.82) is 0 Å².